The fourth-order valence-corrected chi connectivity index (χ4v) is 3.97. The first kappa shape index (κ1) is 22.0. The van der Waals surface area contributed by atoms with Crippen LogP contribution in [0.3, 0.4) is 0 Å². The quantitative estimate of drug-likeness (QED) is 0.406. The molecule has 0 unspecified atom stereocenters. The van der Waals surface area contributed by atoms with Gasteiger partial charge < -0.3 is 24.8 Å². The predicted molar refractivity (Wildman–Crippen MR) is 121 cm³/mol. The summed E-state index contributed by atoms with van der Waals surface area (Å²) in [4.78, 5) is 12.2. The molecule has 0 heterocycles. The van der Waals surface area contributed by atoms with E-state index in [1.807, 2.05) is 42.5 Å². The highest BCUT2D eigenvalue weighted by atomic mass is 16.6. The number of benzene rings is 3. The Morgan fingerprint density at radius 3 is 2.53 bits per heavy atom. The lowest BCUT2D eigenvalue weighted by molar-refractivity contribution is -0.171. The van der Waals surface area contributed by atoms with Crippen LogP contribution in [-0.4, -0.2) is 45.7 Å². The molecule has 166 valence electrons. The first-order valence-corrected chi connectivity index (χ1v) is 10.6. The molecule has 32 heavy (non-hydrogen) atoms. The lowest BCUT2D eigenvalue weighted by Crippen LogP contribution is -2.48. The molecule has 0 aromatic heterocycles. The normalized spacial score (nSPS) is 23.4. The van der Waals surface area contributed by atoms with Crippen LogP contribution in [0.1, 0.15) is 24.0 Å². The molecule has 0 aliphatic heterocycles. The number of fused-ring (bicyclic) bond motifs is 1. The summed E-state index contributed by atoms with van der Waals surface area (Å²) in [6.07, 6.45) is -0.0583. The zero-order chi connectivity index (χ0) is 22.5. The van der Waals surface area contributed by atoms with Crippen molar-refractivity contribution in [2.45, 2.75) is 43.9 Å². The van der Waals surface area contributed by atoms with Gasteiger partial charge in [-0.15, -0.1) is 0 Å². The Labute approximate surface area is 186 Å². The number of ether oxygens (including phenoxy) is 2. The Balaban J connectivity index is 1.37. The summed E-state index contributed by atoms with van der Waals surface area (Å²) in [5, 5.41) is 32.1. The van der Waals surface area contributed by atoms with E-state index in [1.165, 1.54) is 18.2 Å². The SMILES string of the molecule is O=C(/C=C/c1ccc(O)cc1)O[C@@H]1C[C@@H](OCc2cccc3ccccc23)C[C@H](O)[C@H]1O. The van der Waals surface area contributed by atoms with Crippen LogP contribution in [0, 0.1) is 0 Å². The zero-order valence-electron chi connectivity index (χ0n) is 17.5. The van der Waals surface area contributed by atoms with Crippen molar-refractivity contribution in [3.8, 4) is 5.75 Å². The van der Waals surface area contributed by atoms with E-state index < -0.39 is 24.3 Å². The van der Waals surface area contributed by atoms with Crippen molar-refractivity contribution in [2.24, 2.45) is 0 Å². The monoisotopic (exact) mass is 434 g/mol. The number of aliphatic hydroxyl groups excluding tert-OH is 2. The number of phenolic OH excluding ortho intramolecular Hbond substituents is 1. The van der Waals surface area contributed by atoms with E-state index in [9.17, 15) is 20.1 Å². The summed E-state index contributed by atoms with van der Waals surface area (Å²) in [7, 11) is 0. The summed E-state index contributed by atoms with van der Waals surface area (Å²) in [6, 6.07) is 20.4. The topological polar surface area (TPSA) is 96.2 Å². The van der Waals surface area contributed by atoms with E-state index in [-0.39, 0.29) is 18.3 Å². The molecule has 3 N–H and O–H groups in total. The van der Waals surface area contributed by atoms with Gasteiger partial charge in [-0.3, -0.25) is 0 Å². The molecule has 0 bridgehead atoms. The Kier molecular flexibility index (Phi) is 6.85. The van der Waals surface area contributed by atoms with Crippen LogP contribution in [0.4, 0.5) is 0 Å². The van der Waals surface area contributed by atoms with Gasteiger partial charge in [0, 0.05) is 18.9 Å². The molecule has 4 atom stereocenters. The molecule has 1 saturated carbocycles. The van der Waals surface area contributed by atoms with Crippen LogP contribution in [0.15, 0.2) is 72.8 Å². The van der Waals surface area contributed by atoms with Crippen LogP contribution in [0.2, 0.25) is 0 Å². The first-order chi connectivity index (χ1) is 15.5. The standard InChI is InChI=1S/C26H26O6/c27-20-11-8-17(9-12-20)10-13-25(29)32-24-15-21(14-23(28)26(24)30)31-16-19-6-3-5-18-4-1-2-7-22(18)19/h1-13,21,23-24,26-28,30H,14-16H2/b13-10+/t21-,23-,24+,26+/m0/s1. The molecule has 3 aromatic rings. The number of carbonyl (C=O) groups is 1. The molecule has 0 radical (unpaired) electrons. The van der Waals surface area contributed by atoms with Gasteiger partial charge in [0.1, 0.15) is 18.0 Å². The number of rotatable bonds is 6. The van der Waals surface area contributed by atoms with Gasteiger partial charge >= 0.3 is 5.97 Å². The lowest BCUT2D eigenvalue weighted by atomic mass is 9.89. The van der Waals surface area contributed by atoms with E-state index in [4.69, 9.17) is 9.47 Å². The van der Waals surface area contributed by atoms with Gasteiger partial charge in [0.15, 0.2) is 0 Å². The van der Waals surface area contributed by atoms with E-state index in [1.54, 1.807) is 18.2 Å². The fraction of sp³-hybridized carbons (Fsp3) is 0.269. The number of aliphatic hydroxyl groups is 2. The third-order valence-electron chi connectivity index (χ3n) is 5.70. The molecular weight excluding hydrogens is 408 g/mol. The van der Waals surface area contributed by atoms with E-state index >= 15 is 0 Å². The average molecular weight is 434 g/mol. The lowest BCUT2D eigenvalue weighted by Gasteiger charge is -2.36. The third-order valence-corrected chi connectivity index (χ3v) is 5.70. The van der Waals surface area contributed by atoms with Crippen molar-refractivity contribution in [1.29, 1.82) is 0 Å². The van der Waals surface area contributed by atoms with Crippen molar-refractivity contribution in [2.75, 3.05) is 0 Å². The Hall–Kier alpha value is -3.19. The van der Waals surface area contributed by atoms with Crippen LogP contribution in [0.25, 0.3) is 16.8 Å². The molecule has 0 saturated heterocycles. The summed E-state index contributed by atoms with van der Waals surface area (Å²) in [5.41, 5.74) is 1.76. The molecule has 1 aliphatic carbocycles. The van der Waals surface area contributed by atoms with Gasteiger partial charge in [0.2, 0.25) is 0 Å². The molecular formula is C26H26O6. The largest absolute Gasteiger partial charge is 0.508 e. The molecule has 3 aromatic carbocycles. The summed E-state index contributed by atoms with van der Waals surface area (Å²) in [6.45, 7) is 0.357. The minimum Gasteiger partial charge on any atom is -0.508 e. The number of phenols is 1. The molecule has 1 fully saturated rings. The minimum absolute atomic E-state index is 0.138. The predicted octanol–water partition coefficient (Wildman–Crippen LogP) is 3.57. The number of hydrogen-bond acceptors (Lipinski definition) is 6. The summed E-state index contributed by atoms with van der Waals surface area (Å²) < 4.78 is 11.5. The van der Waals surface area contributed by atoms with E-state index in [0.29, 0.717) is 13.0 Å². The fourth-order valence-electron chi connectivity index (χ4n) is 3.97. The van der Waals surface area contributed by atoms with Gasteiger partial charge in [-0.05, 0) is 40.1 Å². The van der Waals surface area contributed by atoms with Gasteiger partial charge in [0.05, 0.1) is 18.8 Å². The smallest absolute Gasteiger partial charge is 0.331 e. The molecule has 0 spiro atoms. The zero-order valence-corrected chi connectivity index (χ0v) is 17.5. The molecule has 1 aliphatic rings. The van der Waals surface area contributed by atoms with E-state index in [2.05, 4.69) is 0 Å². The van der Waals surface area contributed by atoms with Crippen LogP contribution in [-0.2, 0) is 20.9 Å². The van der Waals surface area contributed by atoms with Crippen molar-refractivity contribution in [3.63, 3.8) is 0 Å². The second-order valence-electron chi connectivity index (χ2n) is 8.00. The maximum Gasteiger partial charge on any atom is 0.331 e. The maximum atomic E-state index is 12.2. The minimum atomic E-state index is -1.17. The van der Waals surface area contributed by atoms with E-state index in [0.717, 1.165) is 21.9 Å². The van der Waals surface area contributed by atoms with Gasteiger partial charge in [0.25, 0.3) is 0 Å². The second-order valence-corrected chi connectivity index (χ2v) is 8.00. The molecule has 4 rings (SSSR count). The van der Waals surface area contributed by atoms with Crippen LogP contribution in [0.5, 0.6) is 5.75 Å². The highest BCUT2D eigenvalue weighted by Crippen LogP contribution is 2.27. The third kappa shape index (κ3) is 5.34. The van der Waals surface area contributed by atoms with Crippen LogP contribution < -0.4 is 0 Å². The van der Waals surface area contributed by atoms with Crippen molar-refractivity contribution in [1.82, 2.24) is 0 Å². The van der Waals surface area contributed by atoms with Gasteiger partial charge in [-0.1, -0.05) is 54.6 Å². The number of hydrogen-bond donors (Lipinski definition) is 3. The van der Waals surface area contributed by atoms with Crippen molar-refractivity contribution in [3.05, 3.63) is 83.9 Å². The van der Waals surface area contributed by atoms with Crippen molar-refractivity contribution >= 4 is 22.8 Å². The number of aromatic hydroxyl groups is 1. The highest BCUT2D eigenvalue weighted by molar-refractivity contribution is 5.87. The van der Waals surface area contributed by atoms with Crippen molar-refractivity contribution < 1.29 is 29.6 Å². The first-order valence-electron chi connectivity index (χ1n) is 10.6. The molecule has 0 amide bonds. The summed E-state index contributed by atoms with van der Waals surface area (Å²) in [5.74, 6) is -0.484. The van der Waals surface area contributed by atoms with Gasteiger partial charge in [-0.25, -0.2) is 4.79 Å². The summed E-state index contributed by atoms with van der Waals surface area (Å²) >= 11 is 0. The Morgan fingerprint density at radius 1 is 0.969 bits per heavy atom. The highest BCUT2D eigenvalue weighted by Gasteiger charge is 2.38. The number of esters is 1. The van der Waals surface area contributed by atoms with Crippen LogP contribution >= 0.6 is 0 Å². The maximum absolute atomic E-state index is 12.2. The second kappa shape index (κ2) is 9.96. The average Bonchev–Trinajstić information content (AvgIpc) is 2.80. The van der Waals surface area contributed by atoms with Gasteiger partial charge in [-0.2, -0.15) is 0 Å². The molecule has 6 heteroatoms. The Bertz CT molecular complexity index is 1090. The molecule has 6 nitrogen and oxygen atoms in total. The number of carbonyl (C=O) groups excluding carboxylic acids is 1. The Morgan fingerprint density at radius 2 is 1.72 bits per heavy atom.